The zero-order valence-corrected chi connectivity index (χ0v) is 8.36. The monoisotopic (exact) mass is 201 g/mol. The lowest BCUT2D eigenvalue weighted by atomic mass is 10.1. The summed E-state index contributed by atoms with van der Waals surface area (Å²) >= 11 is 0. The van der Waals surface area contributed by atoms with Crippen molar-refractivity contribution in [1.29, 1.82) is 0 Å². The topological polar surface area (TPSA) is 12.4 Å². The fourth-order valence-electron chi connectivity index (χ4n) is 1.41. The predicted molar refractivity (Wildman–Crippen MR) is 61.0 cm³/mol. The maximum Gasteiger partial charge on any atom is 0.123 e. The Morgan fingerprint density at radius 2 is 1.93 bits per heavy atom. The van der Waals surface area contributed by atoms with E-state index in [0.717, 1.165) is 24.1 Å². The summed E-state index contributed by atoms with van der Waals surface area (Å²) in [6.45, 7) is 0. The Balaban J connectivity index is 2.08. The first-order chi connectivity index (χ1) is 7.34. The first kappa shape index (κ1) is 9.84. The van der Waals surface area contributed by atoms with Gasteiger partial charge >= 0.3 is 0 Å². The Kier molecular flexibility index (Phi) is 3.08. The molecule has 76 valence electrons. The average Bonchev–Trinajstić information content (AvgIpc) is 2.30. The van der Waals surface area contributed by atoms with E-state index in [4.69, 9.17) is 0 Å². The van der Waals surface area contributed by atoms with Gasteiger partial charge in [-0.3, -0.25) is 4.99 Å². The van der Waals surface area contributed by atoms with Gasteiger partial charge in [0.1, 0.15) is 5.82 Å². The molecule has 0 amide bonds. The average molecular weight is 201 g/mol. The molecule has 0 saturated heterocycles. The van der Waals surface area contributed by atoms with E-state index in [1.807, 2.05) is 6.21 Å². The Hall–Kier alpha value is -1.70. The molecule has 2 rings (SSSR count). The van der Waals surface area contributed by atoms with E-state index in [0.29, 0.717) is 0 Å². The van der Waals surface area contributed by atoms with Crippen molar-refractivity contribution in [2.75, 3.05) is 0 Å². The molecule has 15 heavy (non-hydrogen) atoms. The zero-order chi connectivity index (χ0) is 10.5. The predicted octanol–water partition coefficient (Wildman–Crippen LogP) is 3.80. The van der Waals surface area contributed by atoms with Gasteiger partial charge in [-0.25, -0.2) is 4.39 Å². The van der Waals surface area contributed by atoms with Gasteiger partial charge in [0, 0.05) is 6.21 Å². The van der Waals surface area contributed by atoms with E-state index >= 15 is 0 Å². The van der Waals surface area contributed by atoms with E-state index in [2.05, 4.69) is 23.2 Å². The highest BCUT2D eigenvalue weighted by Crippen LogP contribution is 2.13. The van der Waals surface area contributed by atoms with Gasteiger partial charge < -0.3 is 0 Å². The van der Waals surface area contributed by atoms with Crippen LogP contribution in [0.15, 0.2) is 53.1 Å². The summed E-state index contributed by atoms with van der Waals surface area (Å²) < 4.78 is 12.6. The number of allylic oxidation sites excluding steroid dienone is 4. The molecule has 1 aromatic carbocycles. The van der Waals surface area contributed by atoms with E-state index < -0.39 is 0 Å². The number of rotatable bonds is 2. The molecule has 0 saturated carbocycles. The lowest BCUT2D eigenvalue weighted by Gasteiger charge is -2.00. The van der Waals surface area contributed by atoms with Gasteiger partial charge in [-0.1, -0.05) is 18.2 Å². The molecule has 0 bridgehead atoms. The number of hydrogen-bond acceptors (Lipinski definition) is 1. The van der Waals surface area contributed by atoms with Crippen molar-refractivity contribution < 1.29 is 4.39 Å². The number of benzene rings is 1. The molecule has 2 heteroatoms. The third-order valence-corrected chi connectivity index (χ3v) is 2.21. The normalized spacial score (nSPS) is 15.7. The second-order valence-corrected chi connectivity index (χ2v) is 3.42. The van der Waals surface area contributed by atoms with Crippen molar-refractivity contribution in [2.24, 2.45) is 4.99 Å². The van der Waals surface area contributed by atoms with Crippen LogP contribution in [-0.2, 0) is 0 Å². The van der Waals surface area contributed by atoms with Gasteiger partial charge in [0.25, 0.3) is 0 Å². The number of nitrogens with zero attached hydrogens (tertiary/aromatic N) is 1. The Morgan fingerprint density at radius 3 is 2.60 bits per heavy atom. The van der Waals surface area contributed by atoms with Crippen LogP contribution in [0.3, 0.4) is 0 Å². The molecule has 0 aliphatic heterocycles. The molecule has 1 aliphatic rings. The van der Waals surface area contributed by atoms with Crippen LogP contribution in [0.1, 0.15) is 12.8 Å². The van der Waals surface area contributed by atoms with Crippen molar-refractivity contribution >= 4 is 11.9 Å². The van der Waals surface area contributed by atoms with Crippen molar-refractivity contribution in [1.82, 2.24) is 0 Å². The van der Waals surface area contributed by atoms with Crippen LogP contribution in [0.4, 0.5) is 10.1 Å². The molecular formula is C13H12FN. The summed E-state index contributed by atoms with van der Waals surface area (Å²) in [7, 11) is 0. The SMILES string of the molecule is Fc1ccc(N=CC2=CCCC=C2)cc1. The fraction of sp³-hybridized carbons (Fsp3) is 0.154. The van der Waals surface area contributed by atoms with Gasteiger partial charge in [-0.15, -0.1) is 0 Å². The van der Waals surface area contributed by atoms with Gasteiger partial charge in [-0.2, -0.15) is 0 Å². The van der Waals surface area contributed by atoms with Gasteiger partial charge in [0.15, 0.2) is 0 Å². The quantitative estimate of drug-likeness (QED) is 0.645. The highest BCUT2D eigenvalue weighted by Gasteiger charge is 1.94. The molecule has 0 heterocycles. The summed E-state index contributed by atoms with van der Waals surface area (Å²) in [6, 6.07) is 6.16. The lowest BCUT2D eigenvalue weighted by Crippen LogP contribution is -1.85. The molecule has 1 aliphatic carbocycles. The maximum atomic E-state index is 12.6. The first-order valence-corrected chi connectivity index (χ1v) is 5.01. The van der Waals surface area contributed by atoms with Gasteiger partial charge in [0.2, 0.25) is 0 Å². The molecule has 0 aromatic heterocycles. The van der Waals surface area contributed by atoms with Crippen LogP contribution < -0.4 is 0 Å². The van der Waals surface area contributed by atoms with Crippen molar-refractivity contribution in [2.45, 2.75) is 12.8 Å². The smallest absolute Gasteiger partial charge is 0.123 e. The minimum atomic E-state index is -0.231. The van der Waals surface area contributed by atoms with Crippen molar-refractivity contribution in [3.05, 3.63) is 53.9 Å². The molecular weight excluding hydrogens is 189 g/mol. The largest absolute Gasteiger partial charge is 0.256 e. The summed E-state index contributed by atoms with van der Waals surface area (Å²) in [5.74, 6) is -0.231. The van der Waals surface area contributed by atoms with Gasteiger partial charge in [0.05, 0.1) is 5.69 Å². The Bertz CT molecular complexity index is 413. The Morgan fingerprint density at radius 1 is 1.13 bits per heavy atom. The number of aliphatic imine (C=N–C) groups is 1. The zero-order valence-electron chi connectivity index (χ0n) is 8.36. The molecule has 0 radical (unpaired) electrons. The van der Waals surface area contributed by atoms with E-state index in [1.165, 1.54) is 12.1 Å². The third kappa shape index (κ3) is 2.88. The van der Waals surface area contributed by atoms with Crippen molar-refractivity contribution in [3.8, 4) is 0 Å². The molecule has 0 fully saturated rings. The third-order valence-electron chi connectivity index (χ3n) is 2.21. The summed E-state index contributed by atoms with van der Waals surface area (Å²) in [5, 5.41) is 0. The van der Waals surface area contributed by atoms with E-state index in [9.17, 15) is 4.39 Å². The molecule has 1 nitrogen and oxygen atoms in total. The van der Waals surface area contributed by atoms with Crippen molar-refractivity contribution in [3.63, 3.8) is 0 Å². The molecule has 0 unspecified atom stereocenters. The van der Waals surface area contributed by atoms with Crippen LogP contribution in [0, 0.1) is 5.82 Å². The maximum absolute atomic E-state index is 12.6. The van der Waals surface area contributed by atoms with Crippen LogP contribution in [0.5, 0.6) is 0 Å². The lowest BCUT2D eigenvalue weighted by molar-refractivity contribution is 0.628. The fourth-order valence-corrected chi connectivity index (χ4v) is 1.41. The Labute approximate surface area is 88.7 Å². The second kappa shape index (κ2) is 4.69. The summed E-state index contributed by atoms with van der Waals surface area (Å²) in [6.07, 6.45) is 10.3. The van der Waals surface area contributed by atoms with Crippen LogP contribution >= 0.6 is 0 Å². The van der Waals surface area contributed by atoms with E-state index in [1.54, 1.807) is 12.1 Å². The first-order valence-electron chi connectivity index (χ1n) is 5.01. The molecule has 0 N–H and O–H groups in total. The molecule has 0 atom stereocenters. The molecule has 0 spiro atoms. The van der Waals surface area contributed by atoms with Gasteiger partial charge in [-0.05, 0) is 42.7 Å². The highest BCUT2D eigenvalue weighted by atomic mass is 19.1. The second-order valence-electron chi connectivity index (χ2n) is 3.42. The van der Waals surface area contributed by atoms with Crippen LogP contribution in [-0.4, -0.2) is 6.21 Å². The summed E-state index contributed by atoms with van der Waals surface area (Å²) in [5.41, 5.74) is 1.89. The number of hydrogen-bond donors (Lipinski definition) is 0. The summed E-state index contributed by atoms with van der Waals surface area (Å²) in [4.78, 5) is 4.26. The minimum Gasteiger partial charge on any atom is -0.256 e. The standard InChI is InChI=1S/C13H12FN/c14-12-6-8-13(9-7-12)15-10-11-4-2-1-3-5-11/h2,4-10H,1,3H2. The highest BCUT2D eigenvalue weighted by molar-refractivity contribution is 5.84. The van der Waals surface area contributed by atoms with E-state index in [-0.39, 0.29) is 5.82 Å². The minimum absolute atomic E-state index is 0.231. The molecule has 1 aromatic rings. The van der Waals surface area contributed by atoms with Crippen LogP contribution in [0.2, 0.25) is 0 Å². The van der Waals surface area contributed by atoms with Crippen LogP contribution in [0.25, 0.3) is 0 Å². The number of halogens is 1.